The fourth-order valence-corrected chi connectivity index (χ4v) is 5.29. The number of Topliss-reactive ketones (excluding diaryl/α,β-unsaturated/α-hetero) is 1. The molecule has 0 bridgehead atoms. The van der Waals surface area contributed by atoms with Crippen LogP contribution < -0.4 is 14.2 Å². The number of methoxy groups -OCH3 is 2. The quantitative estimate of drug-likeness (QED) is 0.347. The largest absolute Gasteiger partial charge is 0.507 e. The monoisotopic (exact) mass is 508 g/mol. The van der Waals surface area contributed by atoms with Crippen LogP contribution in [0.2, 0.25) is 0 Å². The Hall–Kier alpha value is -3.56. The van der Waals surface area contributed by atoms with E-state index in [9.17, 15) is 14.7 Å². The van der Waals surface area contributed by atoms with Gasteiger partial charge < -0.3 is 29.0 Å². The smallest absolute Gasteiger partial charge is 0.295 e. The fourth-order valence-electron chi connectivity index (χ4n) is 5.29. The van der Waals surface area contributed by atoms with Gasteiger partial charge in [0, 0.05) is 43.7 Å². The Morgan fingerprint density at radius 1 is 1.05 bits per heavy atom. The van der Waals surface area contributed by atoms with Gasteiger partial charge in [-0.2, -0.15) is 0 Å². The zero-order valence-electron chi connectivity index (χ0n) is 21.4. The molecule has 0 radical (unpaired) electrons. The zero-order valence-corrected chi connectivity index (χ0v) is 21.4. The standard InChI is InChI=1S/C28H32N2O7/c1-17-14-19-15-18(4-6-22(19)37-17)26(31)24-25(21-16-20(34-2)5-7-23(21)35-3)30(28(33)27(24)32)9-8-29-10-12-36-13-11-29/h4-7,15-17,25,31H,8-14H2,1-3H3/b26-24+. The summed E-state index contributed by atoms with van der Waals surface area (Å²) < 4.78 is 22.3. The van der Waals surface area contributed by atoms with Gasteiger partial charge in [0.2, 0.25) is 0 Å². The molecule has 2 saturated heterocycles. The van der Waals surface area contributed by atoms with E-state index in [4.69, 9.17) is 18.9 Å². The number of benzene rings is 2. The van der Waals surface area contributed by atoms with Crippen molar-refractivity contribution < 1.29 is 33.6 Å². The van der Waals surface area contributed by atoms with E-state index in [-0.39, 0.29) is 17.4 Å². The van der Waals surface area contributed by atoms with Crippen LogP contribution in [0.5, 0.6) is 17.2 Å². The maximum Gasteiger partial charge on any atom is 0.295 e. The number of hydrogen-bond donors (Lipinski definition) is 1. The molecular weight excluding hydrogens is 476 g/mol. The van der Waals surface area contributed by atoms with Crippen LogP contribution >= 0.6 is 0 Å². The molecular formula is C28H32N2O7. The number of aliphatic hydroxyl groups is 1. The average Bonchev–Trinajstić information content (AvgIpc) is 3.42. The van der Waals surface area contributed by atoms with E-state index in [1.165, 1.54) is 12.0 Å². The minimum absolute atomic E-state index is 0.0328. The molecule has 2 aromatic rings. The molecule has 1 amide bonds. The summed E-state index contributed by atoms with van der Waals surface area (Å²) in [6.45, 7) is 5.64. The van der Waals surface area contributed by atoms with Crippen LogP contribution in [0.15, 0.2) is 42.0 Å². The molecule has 2 aromatic carbocycles. The first-order chi connectivity index (χ1) is 17.9. The van der Waals surface area contributed by atoms with Gasteiger partial charge in [0.25, 0.3) is 11.7 Å². The van der Waals surface area contributed by atoms with Gasteiger partial charge >= 0.3 is 0 Å². The lowest BCUT2D eigenvalue weighted by atomic mass is 9.93. The van der Waals surface area contributed by atoms with Crippen molar-refractivity contribution in [2.24, 2.45) is 0 Å². The number of fused-ring (bicyclic) bond motifs is 1. The van der Waals surface area contributed by atoms with Gasteiger partial charge in [-0.05, 0) is 48.9 Å². The Labute approximate surface area is 216 Å². The molecule has 1 N–H and O–H groups in total. The van der Waals surface area contributed by atoms with Crippen LogP contribution in [0.1, 0.15) is 29.7 Å². The number of ketones is 1. The van der Waals surface area contributed by atoms with Crippen LogP contribution in [0, 0.1) is 0 Å². The van der Waals surface area contributed by atoms with Crippen molar-refractivity contribution in [3.8, 4) is 17.2 Å². The number of hydrogen-bond acceptors (Lipinski definition) is 8. The third-order valence-electron chi connectivity index (χ3n) is 7.20. The Balaban J connectivity index is 1.59. The summed E-state index contributed by atoms with van der Waals surface area (Å²) in [4.78, 5) is 30.6. The molecule has 2 fully saturated rings. The number of carbonyl (C=O) groups excluding carboxylic acids is 2. The molecule has 2 atom stereocenters. The molecule has 2 unspecified atom stereocenters. The predicted octanol–water partition coefficient (Wildman–Crippen LogP) is 2.78. The van der Waals surface area contributed by atoms with Crippen molar-refractivity contribution in [1.82, 2.24) is 9.80 Å². The Morgan fingerprint density at radius 2 is 1.84 bits per heavy atom. The van der Waals surface area contributed by atoms with E-state index < -0.39 is 17.7 Å². The first-order valence-electron chi connectivity index (χ1n) is 12.5. The summed E-state index contributed by atoms with van der Waals surface area (Å²) in [6.07, 6.45) is 0.747. The molecule has 3 aliphatic heterocycles. The van der Waals surface area contributed by atoms with E-state index in [0.717, 1.165) is 24.4 Å². The summed E-state index contributed by atoms with van der Waals surface area (Å²) in [5, 5.41) is 11.5. The minimum atomic E-state index is -0.838. The van der Waals surface area contributed by atoms with Crippen LogP contribution in [0.4, 0.5) is 0 Å². The number of likely N-dealkylation sites (tertiary alicyclic amines) is 1. The van der Waals surface area contributed by atoms with E-state index in [1.54, 1.807) is 37.4 Å². The molecule has 3 aliphatic rings. The molecule has 196 valence electrons. The number of ether oxygens (including phenoxy) is 4. The summed E-state index contributed by atoms with van der Waals surface area (Å²) in [5.74, 6) is 0.220. The van der Waals surface area contributed by atoms with Crippen molar-refractivity contribution in [1.29, 1.82) is 0 Å². The Morgan fingerprint density at radius 3 is 2.57 bits per heavy atom. The average molecular weight is 509 g/mol. The lowest BCUT2D eigenvalue weighted by Crippen LogP contribution is -2.42. The molecule has 0 saturated carbocycles. The molecule has 5 rings (SSSR count). The van der Waals surface area contributed by atoms with Gasteiger partial charge in [0.15, 0.2) is 0 Å². The summed E-state index contributed by atoms with van der Waals surface area (Å²) in [7, 11) is 3.08. The van der Waals surface area contributed by atoms with Crippen LogP contribution in [-0.2, 0) is 20.7 Å². The van der Waals surface area contributed by atoms with Crippen LogP contribution in [0.3, 0.4) is 0 Å². The Bertz CT molecular complexity index is 1240. The summed E-state index contributed by atoms with van der Waals surface area (Å²) >= 11 is 0. The minimum Gasteiger partial charge on any atom is -0.507 e. The van der Waals surface area contributed by atoms with Crippen molar-refractivity contribution in [2.45, 2.75) is 25.5 Å². The Kier molecular flexibility index (Phi) is 7.08. The lowest BCUT2D eigenvalue weighted by molar-refractivity contribution is -0.140. The van der Waals surface area contributed by atoms with Crippen molar-refractivity contribution in [3.63, 3.8) is 0 Å². The number of morpholine rings is 1. The highest BCUT2D eigenvalue weighted by Gasteiger charge is 2.47. The van der Waals surface area contributed by atoms with Gasteiger partial charge in [-0.15, -0.1) is 0 Å². The molecule has 37 heavy (non-hydrogen) atoms. The third kappa shape index (κ3) is 4.76. The first-order valence-corrected chi connectivity index (χ1v) is 12.5. The second-order valence-electron chi connectivity index (χ2n) is 9.51. The molecule has 9 heteroatoms. The van der Waals surface area contributed by atoms with Gasteiger partial charge in [0.05, 0.1) is 39.0 Å². The van der Waals surface area contributed by atoms with Gasteiger partial charge in [-0.3, -0.25) is 14.5 Å². The maximum absolute atomic E-state index is 13.5. The maximum atomic E-state index is 13.5. The topological polar surface area (TPSA) is 97.8 Å². The van der Waals surface area contributed by atoms with Crippen LogP contribution in [-0.4, -0.2) is 86.3 Å². The zero-order chi connectivity index (χ0) is 26.1. The van der Waals surface area contributed by atoms with E-state index in [0.29, 0.717) is 55.4 Å². The highest BCUT2D eigenvalue weighted by atomic mass is 16.5. The highest BCUT2D eigenvalue weighted by Crippen LogP contribution is 2.44. The summed E-state index contributed by atoms with van der Waals surface area (Å²) in [6, 6.07) is 9.75. The van der Waals surface area contributed by atoms with Gasteiger partial charge in [-0.1, -0.05) is 0 Å². The molecule has 0 spiro atoms. The van der Waals surface area contributed by atoms with Gasteiger partial charge in [-0.25, -0.2) is 0 Å². The molecule has 3 heterocycles. The van der Waals surface area contributed by atoms with E-state index >= 15 is 0 Å². The van der Waals surface area contributed by atoms with Gasteiger partial charge in [0.1, 0.15) is 29.1 Å². The van der Waals surface area contributed by atoms with Crippen molar-refractivity contribution in [2.75, 3.05) is 53.6 Å². The van der Waals surface area contributed by atoms with Crippen molar-refractivity contribution in [3.05, 3.63) is 58.7 Å². The third-order valence-corrected chi connectivity index (χ3v) is 7.20. The number of amides is 1. The SMILES string of the molecule is COc1ccc(OC)c(C2/C(=C(\O)c3ccc4c(c3)CC(C)O4)C(=O)C(=O)N2CCN2CCOCC2)c1. The number of carbonyl (C=O) groups is 2. The second-order valence-corrected chi connectivity index (χ2v) is 9.51. The molecule has 0 aliphatic carbocycles. The van der Waals surface area contributed by atoms with Crippen LogP contribution in [0.25, 0.3) is 5.76 Å². The van der Waals surface area contributed by atoms with E-state index in [2.05, 4.69) is 4.90 Å². The fraction of sp³-hybridized carbons (Fsp3) is 0.429. The molecule has 9 nitrogen and oxygen atoms in total. The van der Waals surface area contributed by atoms with Crippen molar-refractivity contribution >= 4 is 17.4 Å². The number of rotatable bonds is 7. The lowest BCUT2D eigenvalue weighted by Gasteiger charge is -2.31. The number of aliphatic hydroxyl groups excluding tert-OH is 1. The second kappa shape index (κ2) is 10.4. The van der Waals surface area contributed by atoms with E-state index in [1.807, 2.05) is 13.0 Å². The number of nitrogens with zero attached hydrogens (tertiary/aromatic N) is 2. The highest BCUT2D eigenvalue weighted by molar-refractivity contribution is 6.46. The normalized spacial score (nSPS) is 23.2. The first kappa shape index (κ1) is 25.1. The molecule has 0 aromatic heterocycles. The predicted molar refractivity (Wildman–Crippen MR) is 136 cm³/mol. The summed E-state index contributed by atoms with van der Waals surface area (Å²) in [5.41, 5.74) is 2.02.